The van der Waals surface area contributed by atoms with Gasteiger partial charge < -0.3 is 9.47 Å². The van der Waals surface area contributed by atoms with Gasteiger partial charge in [0.15, 0.2) is 11.5 Å². The molecular weight excluding hydrogens is 354 g/mol. The highest BCUT2D eigenvalue weighted by atomic mass is 35.5. The van der Waals surface area contributed by atoms with Crippen molar-refractivity contribution in [3.63, 3.8) is 0 Å². The summed E-state index contributed by atoms with van der Waals surface area (Å²) >= 11 is 25.0. The van der Waals surface area contributed by atoms with Crippen molar-refractivity contribution in [3.8, 4) is 11.5 Å². The number of halogens is 4. The van der Waals surface area contributed by atoms with Gasteiger partial charge >= 0.3 is 0 Å². The Hall–Kier alpha value is -0.800. The van der Waals surface area contributed by atoms with Crippen molar-refractivity contribution in [2.75, 3.05) is 13.2 Å². The number of fused-ring (bicyclic) bond motifs is 1. The molecule has 6 heteroatoms. The third-order valence-electron chi connectivity index (χ3n) is 3.17. The van der Waals surface area contributed by atoms with Gasteiger partial charge in [0.05, 0.1) is 5.38 Å². The highest BCUT2D eigenvalue weighted by Crippen LogP contribution is 2.43. The maximum Gasteiger partial charge on any atom is 0.162 e. The van der Waals surface area contributed by atoms with E-state index in [1.165, 1.54) is 0 Å². The minimum atomic E-state index is -0.528. The first-order chi connectivity index (χ1) is 10.1. The van der Waals surface area contributed by atoms with Crippen LogP contribution in [-0.4, -0.2) is 13.2 Å². The lowest BCUT2D eigenvalue weighted by Crippen LogP contribution is -2.15. The molecule has 0 fully saturated rings. The summed E-state index contributed by atoms with van der Waals surface area (Å²) < 4.78 is 11.0. The van der Waals surface area contributed by atoms with E-state index in [4.69, 9.17) is 55.9 Å². The second-order valence-corrected chi connectivity index (χ2v) is 6.23. The van der Waals surface area contributed by atoms with Crippen molar-refractivity contribution in [1.82, 2.24) is 0 Å². The van der Waals surface area contributed by atoms with Crippen LogP contribution in [0, 0.1) is 0 Å². The second-order valence-electron chi connectivity index (χ2n) is 4.55. The summed E-state index contributed by atoms with van der Waals surface area (Å²) in [5.74, 6) is 1.25. The Bertz CT molecular complexity index is 688. The van der Waals surface area contributed by atoms with Crippen molar-refractivity contribution in [2.24, 2.45) is 0 Å². The van der Waals surface area contributed by atoms with Gasteiger partial charge in [0.1, 0.15) is 13.2 Å². The summed E-state index contributed by atoms with van der Waals surface area (Å²) in [6.45, 7) is 1.01. The maximum absolute atomic E-state index is 6.53. The van der Waals surface area contributed by atoms with Crippen LogP contribution in [0.4, 0.5) is 0 Å². The molecule has 0 aromatic heterocycles. The number of hydrogen-bond donors (Lipinski definition) is 0. The Labute approximate surface area is 142 Å². The molecular formula is C15H10Cl4O2. The molecule has 1 unspecified atom stereocenters. The molecule has 0 spiro atoms. The molecule has 2 nitrogen and oxygen atoms in total. The number of rotatable bonds is 2. The summed E-state index contributed by atoms with van der Waals surface area (Å²) in [4.78, 5) is 0. The SMILES string of the molecule is Clc1ccc(Cl)c(C(Cl)c2cc3c(cc2Cl)OCCO3)c1. The Morgan fingerprint density at radius 2 is 1.43 bits per heavy atom. The Balaban J connectivity index is 2.05. The fourth-order valence-corrected chi connectivity index (χ4v) is 3.29. The third-order valence-corrected chi connectivity index (χ3v) is 4.54. The van der Waals surface area contributed by atoms with E-state index in [0.29, 0.717) is 50.9 Å². The van der Waals surface area contributed by atoms with Gasteiger partial charge in [-0.05, 0) is 35.4 Å². The fraction of sp³-hybridized carbons (Fsp3) is 0.200. The molecule has 0 radical (unpaired) electrons. The molecule has 1 aliphatic heterocycles. The van der Waals surface area contributed by atoms with E-state index in [2.05, 4.69) is 0 Å². The molecule has 0 saturated carbocycles. The van der Waals surface area contributed by atoms with Gasteiger partial charge in [0.2, 0.25) is 0 Å². The van der Waals surface area contributed by atoms with Crippen LogP contribution >= 0.6 is 46.4 Å². The molecule has 3 rings (SSSR count). The number of alkyl halides is 1. The molecule has 1 atom stereocenters. The highest BCUT2D eigenvalue weighted by Gasteiger charge is 2.22. The molecule has 0 bridgehead atoms. The molecule has 0 amide bonds. The van der Waals surface area contributed by atoms with Crippen LogP contribution < -0.4 is 9.47 Å². The molecule has 1 aliphatic rings. The van der Waals surface area contributed by atoms with Crippen LogP contribution in [0.2, 0.25) is 15.1 Å². The van der Waals surface area contributed by atoms with Crippen molar-refractivity contribution in [1.29, 1.82) is 0 Å². The first kappa shape index (κ1) is 15.1. The Morgan fingerprint density at radius 3 is 2.14 bits per heavy atom. The van der Waals surface area contributed by atoms with Crippen LogP contribution in [-0.2, 0) is 0 Å². The quantitative estimate of drug-likeness (QED) is 0.632. The molecule has 0 aliphatic carbocycles. The zero-order valence-electron chi connectivity index (χ0n) is 10.7. The molecule has 2 aromatic carbocycles. The van der Waals surface area contributed by atoms with Crippen LogP contribution in [0.25, 0.3) is 0 Å². The maximum atomic E-state index is 6.53. The topological polar surface area (TPSA) is 18.5 Å². The normalized spacial score (nSPS) is 14.9. The minimum absolute atomic E-state index is 0.496. The van der Waals surface area contributed by atoms with Crippen LogP contribution in [0.3, 0.4) is 0 Å². The summed E-state index contributed by atoms with van der Waals surface area (Å²) in [5.41, 5.74) is 1.40. The smallest absolute Gasteiger partial charge is 0.162 e. The van der Waals surface area contributed by atoms with Gasteiger partial charge in [-0.25, -0.2) is 0 Å². The summed E-state index contributed by atoms with van der Waals surface area (Å²) in [6.07, 6.45) is 0. The van der Waals surface area contributed by atoms with Crippen LogP contribution in [0.15, 0.2) is 30.3 Å². The monoisotopic (exact) mass is 362 g/mol. The lowest BCUT2D eigenvalue weighted by Gasteiger charge is -2.21. The number of ether oxygens (including phenoxy) is 2. The van der Waals surface area contributed by atoms with E-state index in [1.807, 2.05) is 0 Å². The van der Waals surface area contributed by atoms with Crippen LogP contribution in [0.1, 0.15) is 16.5 Å². The molecule has 110 valence electrons. The van der Waals surface area contributed by atoms with Crippen molar-refractivity contribution >= 4 is 46.4 Å². The van der Waals surface area contributed by atoms with Crippen molar-refractivity contribution in [3.05, 3.63) is 56.5 Å². The van der Waals surface area contributed by atoms with Gasteiger partial charge in [-0.1, -0.05) is 34.8 Å². The largest absolute Gasteiger partial charge is 0.486 e. The average Bonchev–Trinajstić information content (AvgIpc) is 2.48. The number of benzene rings is 2. The van der Waals surface area contributed by atoms with Crippen molar-refractivity contribution < 1.29 is 9.47 Å². The first-order valence-corrected chi connectivity index (χ1v) is 7.81. The van der Waals surface area contributed by atoms with E-state index in [0.717, 1.165) is 0 Å². The molecule has 2 aromatic rings. The summed E-state index contributed by atoms with van der Waals surface area (Å²) in [6, 6.07) is 8.64. The molecule has 0 N–H and O–H groups in total. The molecule has 0 saturated heterocycles. The van der Waals surface area contributed by atoms with E-state index in [1.54, 1.807) is 30.3 Å². The standard InChI is InChI=1S/C15H10Cl4O2/c16-8-1-2-11(17)9(5-8)15(19)10-6-13-14(7-12(10)18)21-4-3-20-13/h1-2,5-7,15H,3-4H2. The van der Waals surface area contributed by atoms with Gasteiger partial charge in [0, 0.05) is 21.1 Å². The van der Waals surface area contributed by atoms with Gasteiger partial charge in [-0.2, -0.15) is 0 Å². The van der Waals surface area contributed by atoms with Crippen LogP contribution in [0.5, 0.6) is 11.5 Å². The molecule has 1 heterocycles. The zero-order valence-corrected chi connectivity index (χ0v) is 13.7. The lowest BCUT2D eigenvalue weighted by atomic mass is 10.0. The Kier molecular flexibility index (Phi) is 4.41. The van der Waals surface area contributed by atoms with Crippen molar-refractivity contribution in [2.45, 2.75) is 5.38 Å². The average molecular weight is 364 g/mol. The summed E-state index contributed by atoms with van der Waals surface area (Å²) in [7, 11) is 0. The predicted molar refractivity (Wildman–Crippen MR) is 86.6 cm³/mol. The van der Waals surface area contributed by atoms with E-state index < -0.39 is 5.38 Å². The highest BCUT2D eigenvalue weighted by molar-refractivity contribution is 6.36. The minimum Gasteiger partial charge on any atom is -0.486 e. The van der Waals surface area contributed by atoms with Gasteiger partial charge in [0.25, 0.3) is 0 Å². The molecule has 21 heavy (non-hydrogen) atoms. The summed E-state index contributed by atoms with van der Waals surface area (Å²) in [5, 5.41) is 1.06. The van der Waals surface area contributed by atoms with E-state index >= 15 is 0 Å². The Morgan fingerprint density at radius 1 is 0.810 bits per heavy atom. The van der Waals surface area contributed by atoms with Gasteiger partial charge in [-0.15, -0.1) is 11.6 Å². The fourth-order valence-electron chi connectivity index (χ4n) is 2.15. The van der Waals surface area contributed by atoms with Gasteiger partial charge in [-0.3, -0.25) is 0 Å². The number of hydrogen-bond acceptors (Lipinski definition) is 2. The zero-order chi connectivity index (χ0) is 15.0. The van der Waals surface area contributed by atoms with E-state index in [9.17, 15) is 0 Å². The third kappa shape index (κ3) is 3.04. The lowest BCUT2D eigenvalue weighted by molar-refractivity contribution is 0.171. The second kappa shape index (κ2) is 6.13. The van der Waals surface area contributed by atoms with E-state index in [-0.39, 0.29) is 0 Å². The predicted octanol–water partition coefficient (Wildman–Crippen LogP) is 5.75. The first-order valence-electron chi connectivity index (χ1n) is 6.24.